The number of allylic oxidation sites excluding steroid dienone is 2. The lowest BCUT2D eigenvalue weighted by molar-refractivity contribution is -0.0230. The van der Waals surface area contributed by atoms with Gasteiger partial charge in [-0.1, -0.05) is 59.2 Å². The number of phenols is 3. The van der Waals surface area contributed by atoms with Gasteiger partial charge in [-0.15, -0.1) is 0 Å². The zero-order valence-corrected chi connectivity index (χ0v) is 23.1. The predicted molar refractivity (Wildman–Crippen MR) is 151 cm³/mol. The smallest absolute Gasteiger partial charge is 0.122 e. The maximum Gasteiger partial charge on any atom is 0.122 e. The van der Waals surface area contributed by atoms with Gasteiger partial charge in [-0.2, -0.15) is 0 Å². The van der Waals surface area contributed by atoms with Gasteiger partial charge in [0.05, 0.1) is 0 Å². The second-order valence-electron chi connectivity index (χ2n) is 11.1. The standard InChI is InChI=1S/C33H38O5/c1-18-7-21(4)29(34)25(10-18)13-24-14-27(15-26-11-19(2)8-22(5)30(26)35)32(37)33(38,16-24)17-28-12-20(3)9-23(6)31(28)36/h7-12,14,16,32,34-38H,13,15,17H2,1-6H3. The molecule has 2 unspecified atom stereocenters. The molecular weight excluding hydrogens is 476 g/mol. The fourth-order valence-electron chi connectivity index (χ4n) is 5.77. The summed E-state index contributed by atoms with van der Waals surface area (Å²) in [5, 5.41) is 55.7. The van der Waals surface area contributed by atoms with E-state index in [-0.39, 0.29) is 30.1 Å². The Hall–Kier alpha value is -3.54. The minimum absolute atomic E-state index is 0.00101. The maximum atomic E-state index is 11.9. The minimum atomic E-state index is -1.71. The third-order valence-corrected chi connectivity index (χ3v) is 7.46. The number of benzene rings is 3. The van der Waals surface area contributed by atoms with E-state index in [1.807, 2.05) is 84.0 Å². The van der Waals surface area contributed by atoms with Gasteiger partial charge in [0.25, 0.3) is 0 Å². The first-order valence-electron chi connectivity index (χ1n) is 13.0. The van der Waals surface area contributed by atoms with E-state index < -0.39 is 11.7 Å². The normalized spacial score (nSPS) is 19.3. The summed E-state index contributed by atoms with van der Waals surface area (Å²) < 4.78 is 0. The topological polar surface area (TPSA) is 101 Å². The number of aromatic hydroxyl groups is 3. The van der Waals surface area contributed by atoms with E-state index in [2.05, 4.69) is 0 Å². The molecular formula is C33H38O5. The predicted octanol–water partition coefficient (Wildman–Crippen LogP) is 5.64. The Morgan fingerprint density at radius 2 is 1.05 bits per heavy atom. The van der Waals surface area contributed by atoms with Gasteiger partial charge in [0.15, 0.2) is 0 Å². The Bertz CT molecular complexity index is 1460. The first-order valence-corrected chi connectivity index (χ1v) is 13.0. The number of aliphatic hydroxyl groups is 2. The number of aryl methyl sites for hydroxylation is 6. The summed E-state index contributed by atoms with van der Waals surface area (Å²) in [4.78, 5) is 0. The maximum absolute atomic E-state index is 11.9. The Morgan fingerprint density at radius 3 is 1.55 bits per heavy atom. The van der Waals surface area contributed by atoms with Crippen molar-refractivity contribution in [3.05, 3.63) is 110 Å². The fraction of sp³-hybridized carbons (Fsp3) is 0.333. The van der Waals surface area contributed by atoms with Gasteiger partial charge in [-0.3, -0.25) is 0 Å². The van der Waals surface area contributed by atoms with Crippen LogP contribution in [-0.4, -0.2) is 37.2 Å². The number of hydrogen-bond donors (Lipinski definition) is 5. The van der Waals surface area contributed by atoms with E-state index in [0.29, 0.717) is 28.7 Å². The zero-order chi connectivity index (χ0) is 27.9. The largest absolute Gasteiger partial charge is 0.507 e. The highest BCUT2D eigenvalue weighted by Gasteiger charge is 2.40. The molecule has 5 nitrogen and oxygen atoms in total. The molecule has 0 heterocycles. The van der Waals surface area contributed by atoms with Crippen molar-refractivity contribution < 1.29 is 25.5 Å². The van der Waals surface area contributed by atoms with Gasteiger partial charge < -0.3 is 25.5 Å². The van der Waals surface area contributed by atoms with Crippen molar-refractivity contribution in [3.8, 4) is 17.2 Å². The summed E-state index contributed by atoms with van der Waals surface area (Å²) in [7, 11) is 0. The summed E-state index contributed by atoms with van der Waals surface area (Å²) in [5.74, 6) is 0.475. The minimum Gasteiger partial charge on any atom is -0.507 e. The fourth-order valence-corrected chi connectivity index (χ4v) is 5.77. The molecule has 1 aliphatic carbocycles. The van der Waals surface area contributed by atoms with Crippen LogP contribution in [0.15, 0.2) is 59.7 Å². The van der Waals surface area contributed by atoms with E-state index in [4.69, 9.17) is 0 Å². The van der Waals surface area contributed by atoms with Crippen LogP contribution in [0.25, 0.3) is 0 Å². The molecule has 5 heteroatoms. The van der Waals surface area contributed by atoms with Crippen molar-refractivity contribution in [2.45, 2.75) is 72.5 Å². The van der Waals surface area contributed by atoms with Crippen molar-refractivity contribution in [2.24, 2.45) is 0 Å². The van der Waals surface area contributed by atoms with E-state index in [1.165, 1.54) is 0 Å². The number of phenolic OH excluding ortho intramolecular Hbond substituents is 3. The average molecular weight is 515 g/mol. The van der Waals surface area contributed by atoms with Crippen LogP contribution >= 0.6 is 0 Å². The number of rotatable bonds is 6. The number of hydrogen-bond acceptors (Lipinski definition) is 5. The third-order valence-electron chi connectivity index (χ3n) is 7.46. The Morgan fingerprint density at radius 1 is 0.632 bits per heavy atom. The highest BCUT2D eigenvalue weighted by atomic mass is 16.3. The molecule has 0 aliphatic heterocycles. The summed E-state index contributed by atoms with van der Waals surface area (Å²) in [5.41, 5.74) is 6.71. The molecule has 3 aromatic carbocycles. The van der Waals surface area contributed by atoms with Crippen LogP contribution in [0, 0.1) is 41.5 Å². The second-order valence-corrected chi connectivity index (χ2v) is 11.1. The summed E-state index contributed by atoms with van der Waals surface area (Å²) in [6.45, 7) is 11.4. The first-order chi connectivity index (χ1) is 17.8. The highest BCUT2D eigenvalue weighted by Crippen LogP contribution is 2.38. The molecule has 2 atom stereocenters. The molecule has 5 N–H and O–H groups in total. The zero-order valence-electron chi connectivity index (χ0n) is 23.1. The van der Waals surface area contributed by atoms with Crippen molar-refractivity contribution in [1.82, 2.24) is 0 Å². The van der Waals surface area contributed by atoms with Crippen LogP contribution in [0.1, 0.15) is 50.1 Å². The molecule has 0 bridgehead atoms. The average Bonchev–Trinajstić information content (AvgIpc) is 2.81. The van der Waals surface area contributed by atoms with Crippen LogP contribution in [0.4, 0.5) is 0 Å². The van der Waals surface area contributed by atoms with Crippen LogP contribution < -0.4 is 0 Å². The van der Waals surface area contributed by atoms with Crippen LogP contribution in [0.3, 0.4) is 0 Å². The molecule has 38 heavy (non-hydrogen) atoms. The molecule has 0 aromatic heterocycles. The van der Waals surface area contributed by atoms with Gasteiger partial charge >= 0.3 is 0 Å². The van der Waals surface area contributed by atoms with Crippen molar-refractivity contribution in [3.63, 3.8) is 0 Å². The SMILES string of the molecule is Cc1cc(C)c(O)c(CC2=CC(O)(Cc3cc(C)cc(C)c3O)C(O)C(Cc3cc(C)cc(C)c3O)=C2)c1. The lowest BCUT2D eigenvalue weighted by Crippen LogP contribution is -2.46. The lowest BCUT2D eigenvalue weighted by atomic mass is 9.76. The second kappa shape index (κ2) is 10.3. The highest BCUT2D eigenvalue weighted by molar-refractivity contribution is 5.52. The summed E-state index contributed by atoms with van der Waals surface area (Å²) >= 11 is 0. The Balaban J connectivity index is 1.81. The van der Waals surface area contributed by atoms with Gasteiger partial charge in [0.1, 0.15) is 29.0 Å². The van der Waals surface area contributed by atoms with Crippen molar-refractivity contribution in [1.29, 1.82) is 0 Å². The van der Waals surface area contributed by atoms with E-state index in [9.17, 15) is 25.5 Å². The van der Waals surface area contributed by atoms with Crippen molar-refractivity contribution in [2.75, 3.05) is 0 Å². The van der Waals surface area contributed by atoms with Crippen LogP contribution in [0.5, 0.6) is 17.2 Å². The van der Waals surface area contributed by atoms with Crippen LogP contribution in [0.2, 0.25) is 0 Å². The first kappa shape index (κ1) is 27.5. The Labute approximate surface area is 225 Å². The van der Waals surface area contributed by atoms with Gasteiger partial charge in [0, 0.05) is 12.8 Å². The van der Waals surface area contributed by atoms with E-state index >= 15 is 0 Å². The van der Waals surface area contributed by atoms with Crippen molar-refractivity contribution >= 4 is 0 Å². The van der Waals surface area contributed by atoms with E-state index in [0.717, 1.165) is 39.0 Å². The number of aliphatic hydroxyl groups excluding tert-OH is 1. The summed E-state index contributed by atoms with van der Waals surface area (Å²) in [6, 6.07) is 11.3. The van der Waals surface area contributed by atoms with Gasteiger partial charge in [0.2, 0.25) is 0 Å². The molecule has 0 saturated heterocycles. The molecule has 4 rings (SSSR count). The molecule has 0 amide bonds. The molecule has 1 aliphatic rings. The monoisotopic (exact) mass is 514 g/mol. The lowest BCUT2D eigenvalue weighted by Gasteiger charge is -2.36. The third kappa shape index (κ3) is 5.50. The van der Waals surface area contributed by atoms with Crippen LogP contribution in [-0.2, 0) is 19.3 Å². The summed E-state index contributed by atoms with van der Waals surface area (Å²) in [6.07, 6.45) is 2.84. The molecule has 200 valence electrons. The Kier molecular flexibility index (Phi) is 7.46. The molecule has 0 saturated carbocycles. The van der Waals surface area contributed by atoms with Gasteiger partial charge in [-0.25, -0.2) is 0 Å². The molecule has 0 spiro atoms. The quantitative estimate of drug-likeness (QED) is 0.293. The molecule has 0 radical (unpaired) electrons. The van der Waals surface area contributed by atoms with E-state index in [1.54, 1.807) is 6.08 Å². The van der Waals surface area contributed by atoms with Gasteiger partial charge in [-0.05, 0) is 98.6 Å². The molecule has 0 fully saturated rings. The molecule has 3 aromatic rings.